The van der Waals surface area contributed by atoms with E-state index in [0.717, 1.165) is 0 Å². The Bertz CT molecular complexity index is 747. The van der Waals surface area contributed by atoms with E-state index in [1.54, 1.807) is 6.07 Å². The number of esters is 1. The maximum absolute atomic E-state index is 11.8. The molecule has 1 aromatic heterocycles. The fourth-order valence-corrected chi connectivity index (χ4v) is 1.93. The third-order valence-corrected chi connectivity index (χ3v) is 2.82. The average molecular weight is 283 g/mol. The van der Waals surface area contributed by atoms with Gasteiger partial charge in [-0.15, -0.1) is 0 Å². The Morgan fingerprint density at radius 2 is 2.16 bits per heavy atom. The van der Waals surface area contributed by atoms with E-state index < -0.39 is 17.2 Å². The molecule has 0 saturated heterocycles. The number of aromatic nitrogens is 2. The molecule has 0 aliphatic carbocycles. The molecule has 0 spiro atoms. The van der Waals surface area contributed by atoms with Crippen LogP contribution in [0.5, 0.6) is 0 Å². The van der Waals surface area contributed by atoms with Crippen molar-refractivity contribution in [2.75, 3.05) is 6.61 Å². The minimum Gasteiger partial charge on any atom is -0.464 e. The zero-order valence-electron chi connectivity index (χ0n) is 10.1. The van der Waals surface area contributed by atoms with E-state index in [4.69, 9.17) is 16.3 Å². The summed E-state index contributed by atoms with van der Waals surface area (Å²) in [4.78, 5) is 36.3. The second-order valence-corrected chi connectivity index (χ2v) is 4.35. The molecule has 0 unspecified atom stereocenters. The van der Waals surface area contributed by atoms with Crippen LogP contribution >= 0.6 is 11.6 Å². The molecule has 100 valence electrons. The Labute approximate surface area is 112 Å². The number of carbonyl (C=O) groups is 1. The van der Waals surface area contributed by atoms with Gasteiger partial charge in [0.05, 0.1) is 17.4 Å². The topological polar surface area (TPSA) is 81.2 Å². The Morgan fingerprint density at radius 1 is 1.42 bits per heavy atom. The molecule has 0 aliphatic heterocycles. The van der Waals surface area contributed by atoms with Gasteiger partial charge in [-0.2, -0.15) is 0 Å². The van der Waals surface area contributed by atoms with Crippen molar-refractivity contribution in [3.8, 4) is 0 Å². The molecule has 19 heavy (non-hydrogen) atoms. The summed E-state index contributed by atoms with van der Waals surface area (Å²) < 4.78 is 6.10. The predicted octanol–water partition coefficient (Wildman–Crippen LogP) is 0.906. The van der Waals surface area contributed by atoms with Crippen LogP contribution in [0, 0.1) is 0 Å². The number of nitrogens with zero attached hydrogens (tertiary/aromatic N) is 1. The van der Waals surface area contributed by atoms with Crippen LogP contribution in [-0.4, -0.2) is 22.1 Å². The molecule has 2 aromatic rings. The van der Waals surface area contributed by atoms with Gasteiger partial charge in [0, 0.05) is 11.9 Å². The molecule has 6 nitrogen and oxygen atoms in total. The van der Waals surface area contributed by atoms with Crippen molar-refractivity contribution in [2.45, 2.75) is 13.5 Å². The summed E-state index contributed by atoms with van der Waals surface area (Å²) in [6.45, 7) is 1.47. The van der Waals surface area contributed by atoms with Gasteiger partial charge in [-0.25, -0.2) is 4.79 Å². The number of H-pyrrole nitrogens is 1. The number of hydrogen-bond acceptors (Lipinski definition) is 4. The Hall–Kier alpha value is -2.08. The lowest BCUT2D eigenvalue weighted by Gasteiger charge is -2.09. The van der Waals surface area contributed by atoms with Gasteiger partial charge in [-0.1, -0.05) is 11.6 Å². The maximum Gasteiger partial charge on any atom is 0.328 e. The fraction of sp³-hybridized carbons (Fsp3) is 0.250. The van der Waals surface area contributed by atoms with Crippen LogP contribution in [0.4, 0.5) is 0 Å². The number of rotatable bonds is 3. The van der Waals surface area contributed by atoms with Gasteiger partial charge in [-0.3, -0.25) is 19.1 Å². The summed E-state index contributed by atoms with van der Waals surface area (Å²) in [5.41, 5.74) is -0.624. The molecule has 1 N–H and O–H groups in total. The predicted molar refractivity (Wildman–Crippen MR) is 70.5 cm³/mol. The van der Waals surface area contributed by atoms with Crippen LogP contribution in [0.25, 0.3) is 10.9 Å². The van der Waals surface area contributed by atoms with E-state index in [1.807, 2.05) is 0 Å². The minimum absolute atomic E-state index is 0.0445. The molecular weight excluding hydrogens is 272 g/mol. The summed E-state index contributed by atoms with van der Waals surface area (Å²) in [5, 5.41) is 0.769. The second-order valence-electron chi connectivity index (χ2n) is 3.91. The quantitative estimate of drug-likeness (QED) is 0.848. The number of fused-ring (bicyclic) bond motifs is 1. The minimum atomic E-state index is -0.563. The molecule has 7 heteroatoms. The number of halogens is 1. The van der Waals surface area contributed by atoms with Crippen LogP contribution in [0.1, 0.15) is 6.92 Å². The number of aromatic amines is 1. The highest BCUT2D eigenvalue weighted by Gasteiger charge is 2.08. The van der Waals surface area contributed by atoms with Crippen LogP contribution in [0.2, 0.25) is 5.02 Å². The van der Waals surface area contributed by atoms with E-state index in [2.05, 4.69) is 4.98 Å². The van der Waals surface area contributed by atoms with Crippen molar-refractivity contribution in [3.63, 3.8) is 0 Å². The van der Waals surface area contributed by atoms with Gasteiger partial charge < -0.3 is 4.74 Å². The van der Waals surface area contributed by atoms with Crippen molar-refractivity contribution in [2.24, 2.45) is 0 Å². The van der Waals surface area contributed by atoms with Gasteiger partial charge in [0.1, 0.15) is 6.61 Å². The lowest BCUT2D eigenvalue weighted by atomic mass is 10.2. The van der Waals surface area contributed by atoms with Crippen molar-refractivity contribution >= 4 is 28.5 Å². The van der Waals surface area contributed by atoms with Crippen molar-refractivity contribution in [1.29, 1.82) is 0 Å². The standard InChI is InChI=1S/C12H11ClN2O4/c1-7(16)19-5-4-15-10-6-8(13)2-3-9(10)11(17)14-12(15)18/h2-3,6H,4-5H2,1H3,(H,14,17,18). The highest BCUT2D eigenvalue weighted by Crippen LogP contribution is 2.15. The van der Waals surface area contributed by atoms with E-state index in [1.165, 1.54) is 23.6 Å². The second kappa shape index (κ2) is 5.27. The number of nitrogens with one attached hydrogen (secondary N) is 1. The molecule has 1 heterocycles. The third kappa shape index (κ3) is 2.85. The van der Waals surface area contributed by atoms with Gasteiger partial charge in [-0.05, 0) is 18.2 Å². The summed E-state index contributed by atoms with van der Waals surface area (Å²) in [7, 11) is 0. The maximum atomic E-state index is 11.8. The largest absolute Gasteiger partial charge is 0.464 e. The lowest BCUT2D eigenvalue weighted by molar-refractivity contribution is -0.141. The van der Waals surface area contributed by atoms with Gasteiger partial charge in [0.25, 0.3) is 5.56 Å². The molecule has 0 amide bonds. The molecule has 0 fully saturated rings. The highest BCUT2D eigenvalue weighted by molar-refractivity contribution is 6.31. The molecule has 0 bridgehead atoms. The summed E-state index contributed by atoms with van der Waals surface area (Å²) in [6, 6.07) is 4.64. The number of carbonyl (C=O) groups excluding carboxylic acids is 1. The van der Waals surface area contributed by atoms with Crippen LogP contribution in [0.15, 0.2) is 27.8 Å². The van der Waals surface area contributed by atoms with E-state index in [0.29, 0.717) is 15.9 Å². The molecule has 1 aromatic carbocycles. The van der Waals surface area contributed by atoms with Crippen molar-refractivity contribution < 1.29 is 9.53 Å². The van der Waals surface area contributed by atoms with E-state index >= 15 is 0 Å². The zero-order valence-corrected chi connectivity index (χ0v) is 10.9. The Balaban J connectivity index is 2.52. The first-order valence-corrected chi connectivity index (χ1v) is 5.92. The number of ether oxygens (including phenoxy) is 1. The smallest absolute Gasteiger partial charge is 0.328 e. The molecule has 2 rings (SSSR count). The molecule has 0 aliphatic rings. The monoisotopic (exact) mass is 282 g/mol. The van der Waals surface area contributed by atoms with E-state index in [-0.39, 0.29) is 13.2 Å². The van der Waals surface area contributed by atoms with Crippen molar-refractivity contribution in [3.05, 3.63) is 44.1 Å². The fourth-order valence-electron chi connectivity index (χ4n) is 1.76. The Morgan fingerprint density at radius 3 is 2.84 bits per heavy atom. The molecule has 0 atom stereocenters. The van der Waals surface area contributed by atoms with Gasteiger partial charge >= 0.3 is 11.7 Å². The van der Waals surface area contributed by atoms with Gasteiger partial charge in [0.2, 0.25) is 0 Å². The Kier molecular flexibility index (Phi) is 3.71. The summed E-state index contributed by atoms with van der Waals surface area (Å²) in [6.07, 6.45) is 0. The number of benzene rings is 1. The van der Waals surface area contributed by atoms with Crippen LogP contribution in [-0.2, 0) is 16.1 Å². The molecular formula is C12H11ClN2O4. The third-order valence-electron chi connectivity index (χ3n) is 2.58. The average Bonchev–Trinajstić information content (AvgIpc) is 2.32. The molecule has 0 saturated carbocycles. The van der Waals surface area contributed by atoms with E-state index in [9.17, 15) is 14.4 Å². The summed E-state index contributed by atoms with van der Waals surface area (Å²) in [5.74, 6) is -0.431. The first-order chi connectivity index (χ1) is 8.99. The lowest BCUT2D eigenvalue weighted by Crippen LogP contribution is -2.31. The van der Waals surface area contributed by atoms with Crippen LogP contribution < -0.4 is 11.2 Å². The van der Waals surface area contributed by atoms with Crippen molar-refractivity contribution in [1.82, 2.24) is 9.55 Å². The first-order valence-electron chi connectivity index (χ1n) is 5.55. The van der Waals surface area contributed by atoms with Crippen LogP contribution in [0.3, 0.4) is 0 Å². The van der Waals surface area contributed by atoms with Gasteiger partial charge in [0.15, 0.2) is 0 Å². The molecule has 0 radical (unpaired) electrons. The number of hydrogen-bond donors (Lipinski definition) is 1. The zero-order chi connectivity index (χ0) is 14.0. The SMILES string of the molecule is CC(=O)OCCn1c(=O)[nH]c(=O)c2ccc(Cl)cc21. The highest BCUT2D eigenvalue weighted by atomic mass is 35.5. The normalized spacial score (nSPS) is 10.6. The first kappa shape index (κ1) is 13.4. The summed E-state index contributed by atoms with van der Waals surface area (Å²) >= 11 is 5.87.